The van der Waals surface area contributed by atoms with E-state index in [1.54, 1.807) is 15.9 Å². The van der Waals surface area contributed by atoms with Gasteiger partial charge in [0.2, 0.25) is 0 Å². The Morgan fingerprint density at radius 1 is 1.62 bits per heavy atom. The van der Waals surface area contributed by atoms with Crippen molar-refractivity contribution in [2.75, 3.05) is 26.2 Å². The zero-order valence-corrected chi connectivity index (χ0v) is 9.31. The average Bonchev–Trinajstić information content (AvgIpc) is 2.83. The van der Waals surface area contributed by atoms with Crippen LogP contribution in [-0.2, 0) is 13.6 Å². The molecule has 0 bridgehead atoms. The molecule has 7 heteroatoms. The lowest BCUT2D eigenvalue weighted by Crippen LogP contribution is -2.34. The van der Waals surface area contributed by atoms with Crippen molar-refractivity contribution >= 4 is 6.03 Å². The maximum atomic E-state index is 11.2. The quantitative estimate of drug-likeness (QED) is 0.624. The summed E-state index contributed by atoms with van der Waals surface area (Å²) in [5.74, 6) is 0.772. The van der Waals surface area contributed by atoms with Crippen molar-refractivity contribution in [3.05, 3.63) is 12.2 Å². The summed E-state index contributed by atoms with van der Waals surface area (Å²) in [6.07, 6.45) is 1.67. The van der Waals surface area contributed by atoms with Crippen LogP contribution >= 0.6 is 0 Å². The minimum absolute atomic E-state index is 0.0257. The third-order valence-electron chi connectivity index (χ3n) is 2.43. The van der Waals surface area contributed by atoms with Gasteiger partial charge < -0.3 is 15.5 Å². The van der Waals surface area contributed by atoms with Crippen LogP contribution in [0.4, 0.5) is 4.79 Å². The van der Waals surface area contributed by atoms with Gasteiger partial charge in [0.1, 0.15) is 6.33 Å². The van der Waals surface area contributed by atoms with E-state index in [0.717, 1.165) is 32.0 Å². The molecule has 7 nitrogen and oxygen atoms in total. The molecule has 1 fully saturated rings. The van der Waals surface area contributed by atoms with Crippen LogP contribution in [-0.4, -0.2) is 51.9 Å². The number of aromatic nitrogens is 3. The van der Waals surface area contributed by atoms with Crippen LogP contribution in [0.1, 0.15) is 5.82 Å². The maximum absolute atomic E-state index is 11.2. The van der Waals surface area contributed by atoms with Gasteiger partial charge in [-0.15, -0.1) is 0 Å². The first-order valence-corrected chi connectivity index (χ1v) is 5.34. The maximum Gasteiger partial charge on any atom is 0.317 e. The molecule has 0 saturated carbocycles. The lowest BCUT2D eigenvalue weighted by Gasteiger charge is -2.13. The summed E-state index contributed by atoms with van der Waals surface area (Å²) in [5, 5.41) is 10.1. The van der Waals surface area contributed by atoms with E-state index in [9.17, 15) is 4.79 Å². The molecule has 0 spiro atoms. The molecule has 1 aromatic rings. The standard InChI is InChI=1S/C9H16N6O/c1-14-7-12-8(13-14)6-10-2-4-15-5-3-11-9(15)16/h7,10H,2-6H2,1H3,(H,11,16). The fourth-order valence-corrected chi connectivity index (χ4v) is 1.60. The number of rotatable bonds is 5. The Morgan fingerprint density at radius 2 is 2.50 bits per heavy atom. The normalized spacial score (nSPS) is 15.6. The molecule has 1 aliphatic heterocycles. The topological polar surface area (TPSA) is 75.1 Å². The van der Waals surface area contributed by atoms with E-state index in [1.807, 2.05) is 7.05 Å². The molecule has 0 aliphatic carbocycles. The molecule has 2 amide bonds. The van der Waals surface area contributed by atoms with Crippen molar-refractivity contribution in [2.45, 2.75) is 6.54 Å². The van der Waals surface area contributed by atoms with Crippen LogP contribution in [0.15, 0.2) is 6.33 Å². The smallest absolute Gasteiger partial charge is 0.317 e. The monoisotopic (exact) mass is 224 g/mol. The SMILES string of the molecule is Cn1cnc(CNCCN2CCNC2=O)n1. The highest BCUT2D eigenvalue weighted by Gasteiger charge is 2.17. The van der Waals surface area contributed by atoms with Gasteiger partial charge in [-0.3, -0.25) is 4.68 Å². The number of aryl methyl sites for hydroxylation is 1. The first kappa shape index (κ1) is 10.9. The molecule has 1 aromatic heterocycles. The van der Waals surface area contributed by atoms with E-state index in [1.165, 1.54) is 0 Å². The van der Waals surface area contributed by atoms with Gasteiger partial charge in [-0.25, -0.2) is 9.78 Å². The van der Waals surface area contributed by atoms with Crippen LogP contribution in [0.5, 0.6) is 0 Å². The summed E-state index contributed by atoms with van der Waals surface area (Å²) >= 11 is 0. The van der Waals surface area contributed by atoms with Gasteiger partial charge in [0.15, 0.2) is 5.82 Å². The second-order valence-electron chi connectivity index (χ2n) is 3.73. The highest BCUT2D eigenvalue weighted by Crippen LogP contribution is 1.94. The van der Waals surface area contributed by atoms with Gasteiger partial charge in [-0.05, 0) is 0 Å². The van der Waals surface area contributed by atoms with E-state index in [0.29, 0.717) is 6.54 Å². The molecule has 1 aliphatic rings. The van der Waals surface area contributed by atoms with Crippen LogP contribution in [0.3, 0.4) is 0 Å². The highest BCUT2D eigenvalue weighted by molar-refractivity contribution is 5.76. The number of hydrogen-bond acceptors (Lipinski definition) is 4. The van der Waals surface area contributed by atoms with Crippen molar-refractivity contribution in [3.63, 3.8) is 0 Å². The first-order chi connectivity index (χ1) is 7.75. The molecule has 88 valence electrons. The number of hydrogen-bond donors (Lipinski definition) is 2. The summed E-state index contributed by atoms with van der Waals surface area (Å²) in [6, 6.07) is 0.0257. The Labute approximate surface area is 93.8 Å². The summed E-state index contributed by atoms with van der Waals surface area (Å²) in [7, 11) is 1.84. The van der Waals surface area contributed by atoms with Crippen molar-refractivity contribution < 1.29 is 4.79 Å². The molecule has 2 heterocycles. The van der Waals surface area contributed by atoms with Crippen molar-refractivity contribution in [3.8, 4) is 0 Å². The lowest BCUT2D eigenvalue weighted by atomic mass is 10.5. The Morgan fingerprint density at radius 3 is 3.12 bits per heavy atom. The zero-order valence-electron chi connectivity index (χ0n) is 9.31. The Hall–Kier alpha value is -1.63. The number of carbonyl (C=O) groups is 1. The number of nitrogens with zero attached hydrogens (tertiary/aromatic N) is 4. The minimum Gasteiger partial charge on any atom is -0.336 e. The van der Waals surface area contributed by atoms with E-state index in [4.69, 9.17) is 0 Å². The molecular formula is C9H16N6O. The predicted octanol–water partition coefficient (Wildman–Crippen LogP) is -1.07. The molecular weight excluding hydrogens is 208 g/mol. The van der Waals surface area contributed by atoms with Gasteiger partial charge in [-0.2, -0.15) is 5.10 Å². The van der Waals surface area contributed by atoms with Gasteiger partial charge in [0, 0.05) is 33.2 Å². The predicted molar refractivity (Wildman–Crippen MR) is 57.7 cm³/mol. The summed E-state index contributed by atoms with van der Waals surface area (Å²) in [5.41, 5.74) is 0. The summed E-state index contributed by atoms with van der Waals surface area (Å²) in [6.45, 7) is 3.66. The third-order valence-corrected chi connectivity index (χ3v) is 2.43. The molecule has 0 aromatic carbocycles. The van der Waals surface area contributed by atoms with E-state index in [-0.39, 0.29) is 6.03 Å². The minimum atomic E-state index is 0.0257. The van der Waals surface area contributed by atoms with Crippen LogP contribution < -0.4 is 10.6 Å². The van der Waals surface area contributed by atoms with Crippen molar-refractivity contribution in [1.82, 2.24) is 30.3 Å². The molecule has 0 radical (unpaired) electrons. The first-order valence-electron chi connectivity index (χ1n) is 5.34. The number of amides is 2. The summed E-state index contributed by atoms with van der Waals surface area (Å²) in [4.78, 5) is 17.1. The Bertz CT molecular complexity index is 363. The number of carbonyl (C=O) groups excluding carboxylic acids is 1. The van der Waals surface area contributed by atoms with Crippen molar-refractivity contribution in [1.29, 1.82) is 0 Å². The molecule has 2 N–H and O–H groups in total. The van der Waals surface area contributed by atoms with Crippen molar-refractivity contribution in [2.24, 2.45) is 7.05 Å². The second-order valence-corrected chi connectivity index (χ2v) is 3.73. The highest BCUT2D eigenvalue weighted by atomic mass is 16.2. The molecule has 2 rings (SSSR count). The number of nitrogens with one attached hydrogen (secondary N) is 2. The third kappa shape index (κ3) is 2.69. The molecule has 16 heavy (non-hydrogen) atoms. The fourth-order valence-electron chi connectivity index (χ4n) is 1.60. The Kier molecular flexibility index (Phi) is 3.35. The van der Waals surface area contributed by atoms with Crippen LogP contribution in [0, 0.1) is 0 Å². The van der Waals surface area contributed by atoms with E-state index in [2.05, 4.69) is 20.7 Å². The number of urea groups is 1. The van der Waals surface area contributed by atoms with E-state index < -0.39 is 0 Å². The summed E-state index contributed by atoms with van der Waals surface area (Å²) < 4.78 is 1.67. The zero-order chi connectivity index (χ0) is 11.4. The molecule has 0 unspecified atom stereocenters. The largest absolute Gasteiger partial charge is 0.336 e. The van der Waals surface area contributed by atoms with Crippen LogP contribution in [0.2, 0.25) is 0 Å². The average molecular weight is 224 g/mol. The fraction of sp³-hybridized carbons (Fsp3) is 0.667. The second kappa shape index (κ2) is 4.93. The molecule has 0 atom stereocenters. The van der Waals surface area contributed by atoms with Crippen LogP contribution in [0.25, 0.3) is 0 Å². The van der Waals surface area contributed by atoms with E-state index >= 15 is 0 Å². The van der Waals surface area contributed by atoms with Gasteiger partial charge in [-0.1, -0.05) is 0 Å². The van der Waals surface area contributed by atoms with Gasteiger partial charge >= 0.3 is 6.03 Å². The van der Waals surface area contributed by atoms with Gasteiger partial charge in [0.05, 0.1) is 6.54 Å². The van der Waals surface area contributed by atoms with Gasteiger partial charge in [0.25, 0.3) is 0 Å². The molecule has 1 saturated heterocycles. The Balaban J connectivity index is 1.63. The lowest BCUT2D eigenvalue weighted by molar-refractivity contribution is 0.217.